The molecule has 0 N–H and O–H groups in total. The maximum atomic E-state index is 3.98. The third kappa shape index (κ3) is 3.14. The molecule has 11 heavy (non-hydrogen) atoms. The lowest BCUT2D eigenvalue weighted by atomic mass is 10.2. The molecule has 0 spiro atoms. The Hall–Kier alpha value is -0.890. The number of nitrogens with zero attached hydrogens (tertiary/aromatic N) is 2. The summed E-state index contributed by atoms with van der Waals surface area (Å²) >= 11 is 0. The minimum Gasteiger partial charge on any atom is -0.458 e. The highest BCUT2D eigenvalue weighted by molar-refractivity contribution is 5.07. The van der Waals surface area contributed by atoms with Crippen LogP contribution in [0.4, 0.5) is 0 Å². The molecule has 0 unspecified atom stereocenters. The van der Waals surface area contributed by atoms with Gasteiger partial charge in [-0.25, -0.2) is 0 Å². The molecule has 0 amide bonds. The molecule has 1 aromatic heterocycles. The summed E-state index contributed by atoms with van der Waals surface area (Å²) < 4.78 is 0.712. The Bertz CT molecular complexity index is 211. The van der Waals surface area contributed by atoms with Crippen LogP contribution in [0.1, 0.15) is 5.56 Å². The summed E-state index contributed by atoms with van der Waals surface area (Å²) in [6.07, 6.45) is 3.62. The van der Waals surface area contributed by atoms with Gasteiger partial charge in [0.2, 0.25) is 0 Å². The number of hydrogen-bond donors (Lipinski definition) is 0. The molecule has 1 aromatic rings. The molecule has 0 aromatic carbocycles. The highest BCUT2D eigenvalue weighted by atomic mass is 15.3. The van der Waals surface area contributed by atoms with E-state index in [0.29, 0.717) is 4.48 Å². The molecule has 0 aliphatic heterocycles. The van der Waals surface area contributed by atoms with E-state index in [2.05, 4.69) is 26.1 Å². The first-order valence-electron chi connectivity index (χ1n) is 3.64. The lowest BCUT2D eigenvalue weighted by Gasteiger charge is -2.32. The van der Waals surface area contributed by atoms with E-state index in [4.69, 9.17) is 0 Å². The van der Waals surface area contributed by atoms with Gasteiger partial charge >= 0.3 is 0 Å². The summed E-state index contributed by atoms with van der Waals surface area (Å²) in [5.41, 5.74) is 1.28. The molecular weight excluding hydrogens is 136 g/mol. The molecule has 1 heterocycles. The molecule has 0 bridgehead atoms. The predicted octanol–water partition coefficient (Wildman–Crippen LogP) is 1.45. The lowest BCUT2D eigenvalue weighted by molar-refractivity contribution is -0.859. The van der Waals surface area contributed by atoms with E-state index in [1.54, 1.807) is 0 Å². The lowest BCUT2D eigenvalue weighted by Crippen LogP contribution is -2.30. The highest BCUT2D eigenvalue weighted by Gasteiger charge is 2.00. The zero-order chi connectivity index (χ0) is 8.32. The monoisotopic (exact) mass is 150 g/mol. The Morgan fingerprint density at radius 1 is 1.36 bits per heavy atom. The van der Waals surface area contributed by atoms with Crippen LogP contribution in [-0.2, 0) is 6.54 Å². The van der Waals surface area contributed by atoms with Crippen molar-refractivity contribution >= 4 is 0 Å². The summed E-state index contributed by atoms with van der Waals surface area (Å²) in [5.74, 6) is 0. The van der Waals surface area contributed by atoms with Crippen molar-refractivity contribution in [1.29, 1.82) is 0 Å². The van der Waals surface area contributed by atoms with Crippen molar-refractivity contribution in [3.63, 3.8) is 0 Å². The maximum Gasteiger partial charge on any atom is 0.0799 e. The number of hydrogen-bond acceptors (Lipinski definition) is 1. The summed E-state index contributed by atoms with van der Waals surface area (Å²) in [6.45, 7) is 0.947. The molecule has 0 aliphatic carbocycles. The third-order valence-electron chi connectivity index (χ3n) is 1.36. The smallest absolute Gasteiger partial charge is 0.0799 e. The van der Waals surface area contributed by atoms with Gasteiger partial charge in [-0.15, -0.1) is 7.05 Å². The largest absolute Gasteiger partial charge is 0.458 e. The second kappa shape index (κ2) is 3.01. The van der Waals surface area contributed by atoms with Crippen LogP contribution in [0.25, 0.3) is 0 Å². The Morgan fingerprint density at radius 3 is 2.36 bits per heavy atom. The molecule has 0 aliphatic rings. The molecule has 0 fully saturated rings. The molecule has 0 atom stereocenters. The van der Waals surface area contributed by atoms with E-state index in [0.717, 1.165) is 6.54 Å². The quantitative estimate of drug-likeness (QED) is 0.459. The van der Waals surface area contributed by atoms with Crippen LogP contribution in [0.15, 0.2) is 24.5 Å². The first-order chi connectivity index (χ1) is 5.08. The number of quaternary nitrogens is 1. The van der Waals surface area contributed by atoms with Crippen LogP contribution < -0.4 is 0 Å². The summed E-state index contributed by atoms with van der Waals surface area (Å²) in [5, 5.41) is 0. The van der Waals surface area contributed by atoms with Gasteiger partial charge in [0.15, 0.2) is 0 Å². The van der Waals surface area contributed by atoms with E-state index in [1.165, 1.54) is 5.56 Å². The normalized spacial score (nSPS) is 11.5. The molecule has 2 heteroatoms. The van der Waals surface area contributed by atoms with Gasteiger partial charge in [-0.3, -0.25) is 4.98 Å². The summed E-state index contributed by atoms with van der Waals surface area (Å²) in [7, 11) is 8.12. The average molecular weight is 150 g/mol. The van der Waals surface area contributed by atoms with Crippen molar-refractivity contribution < 1.29 is 4.48 Å². The zero-order valence-corrected chi connectivity index (χ0v) is 7.12. The van der Waals surface area contributed by atoms with Crippen LogP contribution in [0.2, 0.25) is 0 Å². The van der Waals surface area contributed by atoms with Gasteiger partial charge in [0.25, 0.3) is 0 Å². The van der Waals surface area contributed by atoms with Gasteiger partial charge < -0.3 is 4.48 Å². The van der Waals surface area contributed by atoms with Gasteiger partial charge in [0, 0.05) is 32.1 Å². The van der Waals surface area contributed by atoms with Gasteiger partial charge in [0.05, 0.1) is 6.54 Å². The van der Waals surface area contributed by atoms with Crippen molar-refractivity contribution in [2.75, 3.05) is 14.1 Å². The average Bonchev–Trinajstić information content (AvgIpc) is 1.85. The SMILES string of the molecule is [CH2-][N+](C)(C)Cc1ccncc1. The minimum absolute atomic E-state index is 0.712. The first kappa shape index (κ1) is 8.21. The van der Waals surface area contributed by atoms with Gasteiger partial charge in [-0.05, 0) is 12.1 Å². The highest BCUT2D eigenvalue weighted by Crippen LogP contribution is 2.05. The summed E-state index contributed by atoms with van der Waals surface area (Å²) in [4.78, 5) is 3.95. The van der Waals surface area contributed by atoms with E-state index < -0.39 is 0 Å². The predicted molar refractivity (Wildman–Crippen MR) is 45.4 cm³/mol. The Labute approximate surface area is 68.1 Å². The molecule has 1 rings (SSSR count). The van der Waals surface area contributed by atoms with Crippen molar-refractivity contribution in [2.45, 2.75) is 6.54 Å². The van der Waals surface area contributed by atoms with Crippen molar-refractivity contribution in [3.8, 4) is 0 Å². The summed E-state index contributed by atoms with van der Waals surface area (Å²) in [6, 6.07) is 4.04. The first-order valence-corrected chi connectivity index (χ1v) is 3.64. The van der Waals surface area contributed by atoms with Crippen molar-refractivity contribution in [2.24, 2.45) is 0 Å². The second-order valence-electron chi connectivity index (χ2n) is 3.45. The molecular formula is C9H14N2. The van der Waals surface area contributed by atoms with E-state index >= 15 is 0 Å². The van der Waals surface area contributed by atoms with E-state index in [-0.39, 0.29) is 0 Å². The van der Waals surface area contributed by atoms with E-state index in [1.807, 2.05) is 24.5 Å². The number of pyridine rings is 1. The van der Waals surface area contributed by atoms with Crippen LogP contribution in [0.5, 0.6) is 0 Å². The molecule has 0 radical (unpaired) electrons. The topological polar surface area (TPSA) is 12.9 Å². The van der Waals surface area contributed by atoms with E-state index in [9.17, 15) is 0 Å². The van der Waals surface area contributed by atoms with Crippen molar-refractivity contribution in [3.05, 3.63) is 37.1 Å². The maximum absolute atomic E-state index is 3.98. The Kier molecular flexibility index (Phi) is 2.25. The second-order valence-corrected chi connectivity index (χ2v) is 3.45. The van der Waals surface area contributed by atoms with Gasteiger partial charge in [-0.1, -0.05) is 0 Å². The van der Waals surface area contributed by atoms with Crippen LogP contribution in [-0.4, -0.2) is 23.6 Å². The van der Waals surface area contributed by atoms with Crippen LogP contribution >= 0.6 is 0 Å². The molecule has 60 valence electrons. The fourth-order valence-electron chi connectivity index (χ4n) is 0.982. The van der Waals surface area contributed by atoms with Gasteiger partial charge in [0.1, 0.15) is 0 Å². The molecule has 2 nitrogen and oxygen atoms in total. The molecule has 0 saturated heterocycles. The Morgan fingerprint density at radius 2 is 1.91 bits per heavy atom. The third-order valence-corrected chi connectivity index (χ3v) is 1.36. The minimum atomic E-state index is 0.712. The zero-order valence-electron chi connectivity index (χ0n) is 7.12. The van der Waals surface area contributed by atoms with Crippen molar-refractivity contribution in [1.82, 2.24) is 4.98 Å². The fraction of sp³-hybridized carbons (Fsp3) is 0.333. The standard InChI is InChI=1S/C9H14N2/c1-11(2,3)8-9-4-6-10-7-5-9/h4-7H,1,8H2,2-3H3. The fourth-order valence-corrected chi connectivity index (χ4v) is 0.982. The van der Waals surface area contributed by atoms with Gasteiger partial charge in [-0.2, -0.15) is 0 Å². The number of aromatic nitrogens is 1. The van der Waals surface area contributed by atoms with Crippen LogP contribution in [0, 0.1) is 7.05 Å². The number of rotatable bonds is 2. The van der Waals surface area contributed by atoms with Crippen LogP contribution in [0.3, 0.4) is 0 Å². The molecule has 0 saturated carbocycles. The Balaban J connectivity index is 2.66.